The van der Waals surface area contributed by atoms with E-state index in [1.165, 1.54) is 0 Å². The summed E-state index contributed by atoms with van der Waals surface area (Å²) < 4.78 is 12.7. The van der Waals surface area contributed by atoms with Crippen LogP contribution in [-0.2, 0) is 13.6 Å². The average molecular weight is 332 g/mol. The maximum atomic E-state index is 5.60. The number of aromatic nitrogens is 3. The van der Waals surface area contributed by atoms with E-state index in [4.69, 9.17) is 9.47 Å². The number of methoxy groups -OCH3 is 1. The molecule has 24 heavy (non-hydrogen) atoms. The Kier molecular flexibility index (Phi) is 6.41. The lowest BCUT2D eigenvalue weighted by molar-refractivity contribution is 0.311. The van der Waals surface area contributed by atoms with Gasteiger partial charge in [-0.15, -0.1) is 10.2 Å². The van der Waals surface area contributed by atoms with E-state index in [9.17, 15) is 0 Å². The van der Waals surface area contributed by atoms with E-state index in [0.29, 0.717) is 30.6 Å². The first-order valence-electron chi connectivity index (χ1n) is 7.87. The maximum Gasteiger partial charge on any atom is 0.196 e. The van der Waals surface area contributed by atoms with Gasteiger partial charge in [-0.25, -0.2) is 4.99 Å². The van der Waals surface area contributed by atoms with E-state index in [1.807, 2.05) is 43.7 Å². The second-order valence-electron chi connectivity index (χ2n) is 4.98. The quantitative estimate of drug-likeness (QED) is 0.594. The summed E-state index contributed by atoms with van der Waals surface area (Å²) >= 11 is 0. The molecule has 0 saturated carbocycles. The number of nitrogens with zero attached hydrogens (tertiary/aromatic N) is 4. The zero-order chi connectivity index (χ0) is 17.4. The number of hydrogen-bond acceptors (Lipinski definition) is 5. The van der Waals surface area contributed by atoms with E-state index in [2.05, 4.69) is 25.8 Å². The summed E-state index contributed by atoms with van der Waals surface area (Å²) in [7, 11) is 3.51. The molecule has 0 saturated heterocycles. The molecule has 2 rings (SSSR count). The van der Waals surface area contributed by atoms with Crippen LogP contribution in [-0.4, -0.2) is 41.0 Å². The van der Waals surface area contributed by atoms with E-state index < -0.39 is 0 Å². The second kappa shape index (κ2) is 8.76. The van der Waals surface area contributed by atoms with Crippen molar-refractivity contribution < 1.29 is 9.47 Å². The van der Waals surface area contributed by atoms with Gasteiger partial charge in [-0.1, -0.05) is 0 Å². The van der Waals surface area contributed by atoms with Crippen molar-refractivity contribution in [3.05, 3.63) is 30.4 Å². The van der Waals surface area contributed by atoms with Gasteiger partial charge in [0.2, 0.25) is 0 Å². The van der Waals surface area contributed by atoms with Crippen LogP contribution in [0, 0.1) is 0 Å². The molecule has 0 bridgehead atoms. The van der Waals surface area contributed by atoms with Crippen molar-refractivity contribution >= 4 is 11.6 Å². The molecule has 0 aliphatic heterocycles. The molecule has 0 atom stereocenters. The molecule has 1 heterocycles. The monoisotopic (exact) mass is 332 g/mol. The molecule has 0 aliphatic carbocycles. The minimum atomic E-state index is 0.431. The highest BCUT2D eigenvalue weighted by molar-refractivity contribution is 5.93. The van der Waals surface area contributed by atoms with Crippen LogP contribution in [0.5, 0.6) is 11.5 Å². The molecule has 0 spiro atoms. The van der Waals surface area contributed by atoms with Crippen molar-refractivity contribution in [1.82, 2.24) is 20.1 Å². The summed E-state index contributed by atoms with van der Waals surface area (Å²) in [6.07, 6.45) is 1.66. The van der Waals surface area contributed by atoms with Gasteiger partial charge in [-0.3, -0.25) is 0 Å². The van der Waals surface area contributed by atoms with Crippen LogP contribution < -0.4 is 20.1 Å². The lowest BCUT2D eigenvalue weighted by Crippen LogP contribution is -2.30. The lowest BCUT2D eigenvalue weighted by Gasteiger charge is -2.14. The van der Waals surface area contributed by atoms with Gasteiger partial charge < -0.3 is 24.7 Å². The predicted octanol–water partition coefficient (Wildman–Crippen LogP) is 1.80. The summed E-state index contributed by atoms with van der Waals surface area (Å²) in [6.45, 7) is 5.70. The van der Waals surface area contributed by atoms with Crippen LogP contribution >= 0.6 is 0 Å². The number of nitrogens with one attached hydrogen (secondary N) is 2. The minimum Gasteiger partial charge on any atom is -0.493 e. The first kappa shape index (κ1) is 17.6. The molecule has 130 valence electrons. The third-order valence-corrected chi connectivity index (χ3v) is 3.25. The molecular formula is C16H24N6O2. The van der Waals surface area contributed by atoms with Crippen molar-refractivity contribution in [2.24, 2.45) is 12.0 Å². The van der Waals surface area contributed by atoms with Gasteiger partial charge >= 0.3 is 0 Å². The molecule has 2 aromatic rings. The van der Waals surface area contributed by atoms with E-state index >= 15 is 0 Å². The topological polar surface area (TPSA) is 85.6 Å². The highest BCUT2D eigenvalue weighted by atomic mass is 16.5. The number of aryl methyl sites for hydroxylation is 1. The van der Waals surface area contributed by atoms with Gasteiger partial charge in [0.1, 0.15) is 12.9 Å². The van der Waals surface area contributed by atoms with E-state index in [-0.39, 0.29) is 0 Å². The highest BCUT2D eigenvalue weighted by Gasteiger charge is 2.07. The SMILES string of the molecule is CCNC(=NCc1nncn1C)Nc1ccc(OC)c(OCC)c1. The fourth-order valence-electron chi connectivity index (χ4n) is 2.07. The summed E-state index contributed by atoms with van der Waals surface area (Å²) in [4.78, 5) is 4.53. The Hall–Kier alpha value is -2.77. The molecule has 0 radical (unpaired) electrons. The zero-order valence-electron chi connectivity index (χ0n) is 14.5. The Morgan fingerprint density at radius 3 is 2.75 bits per heavy atom. The van der Waals surface area contributed by atoms with Crippen molar-refractivity contribution in [2.75, 3.05) is 25.6 Å². The molecule has 1 aromatic carbocycles. The van der Waals surface area contributed by atoms with E-state index in [0.717, 1.165) is 18.1 Å². The third-order valence-electron chi connectivity index (χ3n) is 3.25. The number of rotatable bonds is 7. The molecule has 0 unspecified atom stereocenters. The fraction of sp³-hybridized carbons (Fsp3) is 0.438. The number of ether oxygens (including phenoxy) is 2. The van der Waals surface area contributed by atoms with Gasteiger partial charge in [0.15, 0.2) is 23.3 Å². The van der Waals surface area contributed by atoms with Crippen LogP contribution in [0.15, 0.2) is 29.5 Å². The number of benzene rings is 1. The third kappa shape index (κ3) is 4.61. The number of hydrogen-bond donors (Lipinski definition) is 2. The minimum absolute atomic E-state index is 0.431. The van der Waals surface area contributed by atoms with Crippen LogP contribution in [0.4, 0.5) is 5.69 Å². The Morgan fingerprint density at radius 2 is 2.12 bits per heavy atom. The molecule has 2 N–H and O–H groups in total. The predicted molar refractivity (Wildman–Crippen MR) is 93.6 cm³/mol. The van der Waals surface area contributed by atoms with Crippen LogP contribution in [0.25, 0.3) is 0 Å². The number of aliphatic imine (C=N–C) groups is 1. The maximum absolute atomic E-state index is 5.60. The molecule has 1 aromatic heterocycles. The largest absolute Gasteiger partial charge is 0.493 e. The first-order valence-corrected chi connectivity index (χ1v) is 7.87. The Balaban J connectivity index is 2.14. The summed E-state index contributed by atoms with van der Waals surface area (Å²) in [5, 5.41) is 14.3. The standard InChI is InChI=1S/C16H24N6O2/c1-5-17-16(18-10-15-21-19-11-22(15)3)20-12-7-8-13(23-4)14(9-12)24-6-2/h7-9,11H,5-6,10H2,1-4H3,(H2,17,18,20). The van der Waals surface area contributed by atoms with Gasteiger partial charge in [0, 0.05) is 25.3 Å². The van der Waals surface area contributed by atoms with Gasteiger partial charge in [0.05, 0.1) is 13.7 Å². The second-order valence-corrected chi connectivity index (χ2v) is 4.98. The molecule has 8 heteroatoms. The van der Waals surface area contributed by atoms with Crippen molar-refractivity contribution in [3.63, 3.8) is 0 Å². The van der Waals surface area contributed by atoms with Crippen LogP contribution in [0.1, 0.15) is 19.7 Å². The van der Waals surface area contributed by atoms with Gasteiger partial charge in [-0.2, -0.15) is 0 Å². The normalized spacial score (nSPS) is 11.2. The van der Waals surface area contributed by atoms with Crippen LogP contribution in [0.3, 0.4) is 0 Å². The molecule has 8 nitrogen and oxygen atoms in total. The highest BCUT2D eigenvalue weighted by Crippen LogP contribution is 2.30. The van der Waals surface area contributed by atoms with Crippen molar-refractivity contribution in [2.45, 2.75) is 20.4 Å². The summed E-state index contributed by atoms with van der Waals surface area (Å²) in [5.74, 6) is 2.84. The van der Waals surface area contributed by atoms with Gasteiger partial charge in [-0.05, 0) is 26.0 Å². The Labute approximate surface area is 141 Å². The molecule has 0 fully saturated rings. The number of anilines is 1. The summed E-state index contributed by atoms with van der Waals surface area (Å²) in [5.41, 5.74) is 0.858. The van der Waals surface area contributed by atoms with Gasteiger partial charge in [0.25, 0.3) is 0 Å². The average Bonchev–Trinajstić information content (AvgIpc) is 2.98. The smallest absolute Gasteiger partial charge is 0.196 e. The molecular weight excluding hydrogens is 308 g/mol. The number of guanidine groups is 1. The lowest BCUT2D eigenvalue weighted by atomic mass is 10.2. The Morgan fingerprint density at radius 1 is 1.29 bits per heavy atom. The van der Waals surface area contributed by atoms with Crippen molar-refractivity contribution in [1.29, 1.82) is 0 Å². The Bertz CT molecular complexity index is 683. The van der Waals surface area contributed by atoms with Crippen molar-refractivity contribution in [3.8, 4) is 11.5 Å². The van der Waals surface area contributed by atoms with Crippen LogP contribution in [0.2, 0.25) is 0 Å². The molecule has 0 aliphatic rings. The fourth-order valence-corrected chi connectivity index (χ4v) is 2.07. The molecule has 0 amide bonds. The first-order chi connectivity index (χ1) is 11.7. The zero-order valence-corrected chi connectivity index (χ0v) is 14.5. The summed E-state index contributed by atoms with van der Waals surface area (Å²) in [6, 6.07) is 5.66. The van der Waals surface area contributed by atoms with E-state index in [1.54, 1.807) is 13.4 Å².